The summed E-state index contributed by atoms with van der Waals surface area (Å²) in [6.07, 6.45) is 2.33. The van der Waals surface area contributed by atoms with Gasteiger partial charge < -0.3 is 0 Å². The Morgan fingerprint density at radius 2 is 2.23 bits per heavy atom. The van der Waals surface area contributed by atoms with Crippen molar-refractivity contribution in [3.05, 3.63) is 50.7 Å². The van der Waals surface area contributed by atoms with E-state index in [4.69, 9.17) is 11.6 Å². The van der Waals surface area contributed by atoms with E-state index >= 15 is 0 Å². The molecule has 1 aromatic rings. The van der Waals surface area contributed by atoms with Gasteiger partial charge in [0, 0.05) is 11.1 Å². The van der Waals surface area contributed by atoms with Crippen molar-refractivity contribution in [2.45, 2.75) is 6.92 Å². The maximum atomic E-state index is 10.1. The molecule has 0 fully saturated rings. The van der Waals surface area contributed by atoms with Gasteiger partial charge in [-0.15, -0.1) is 0 Å². The number of hydrogen-bond donors (Lipinski definition) is 0. The summed E-state index contributed by atoms with van der Waals surface area (Å²) in [7, 11) is 0. The molecule has 0 aromatic heterocycles. The van der Waals surface area contributed by atoms with E-state index in [0.29, 0.717) is 5.02 Å². The van der Waals surface area contributed by atoms with Gasteiger partial charge in [0.05, 0.1) is 4.92 Å². The van der Waals surface area contributed by atoms with Crippen molar-refractivity contribution < 1.29 is 4.92 Å². The number of nitro groups is 1. The maximum absolute atomic E-state index is 10.1. The lowest BCUT2D eigenvalue weighted by Gasteiger charge is -2.00. The molecule has 68 valence electrons. The molecule has 0 saturated carbocycles. The molecule has 0 saturated heterocycles. The van der Waals surface area contributed by atoms with Gasteiger partial charge in [-0.2, -0.15) is 0 Å². The lowest BCUT2D eigenvalue weighted by atomic mass is 10.1. The first-order valence-electron chi connectivity index (χ1n) is 3.68. The van der Waals surface area contributed by atoms with E-state index in [0.717, 1.165) is 17.3 Å². The van der Waals surface area contributed by atoms with Gasteiger partial charge >= 0.3 is 0 Å². The van der Waals surface area contributed by atoms with Gasteiger partial charge in [-0.25, -0.2) is 0 Å². The molecule has 0 N–H and O–H groups in total. The average Bonchev–Trinajstić information content (AvgIpc) is 2.07. The van der Waals surface area contributed by atoms with Crippen LogP contribution >= 0.6 is 11.6 Å². The zero-order valence-electron chi connectivity index (χ0n) is 7.03. The molecule has 0 heterocycles. The highest BCUT2D eigenvalue weighted by Crippen LogP contribution is 2.19. The maximum Gasteiger partial charge on any atom is 0.235 e. The van der Waals surface area contributed by atoms with Gasteiger partial charge in [0.15, 0.2) is 0 Å². The Hall–Kier alpha value is -1.35. The minimum atomic E-state index is -0.500. The molecular weight excluding hydrogens is 190 g/mol. The summed E-state index contributed by atoms with van der Waals surface area (Å²) >= 11 is 5.83. The minimum absolute atomic E-state index is 0.500. The first-order valence-corrected chi connectivity index (χ1v) is 4.06. The molecule has 0 bridgehead atoms. The lowest BCUT2D eigenvalue weighted by Crippen LogP contribution is -1.85. The predicted octanol–water partition coefficient (Wildman–Crippen LogP) is 2.90. The third-order valence-corrected chi connectivity index (χ3v) is 2.09. The van der Waals surface area contributed by atoms with E-state index in [9.17, 15) is 10.1 Å². The van der Waals surface area contributed by atoms with Crippen molar-refractivity contribution in [1.82, 2.24) is 0 Å². The molecule has 0 radical (unpaired) electrons. The molecule has 0 spiro atoms. The van der Waals surface area contributed by atoms with Gasteiger partial charge in [0.1, 0.15) is 0 Å². The van der Waals surface area contributed by atoms with Gasteiger partial charge in [-0.1, -0.05) is 23.7 Å². The van der Waals surface area contributed by atoms with Crippen LogP contribution in [-0.2, 0) is 0 Å². The van der Waals surface area contributed by atoms with Crippen molar-refractivity contribution in [3.8, 4) is 0 Å². The van der Waals surface area contributed by atoms with Gasteiger partial charge in [-0.3, -0.25) is 10.1 Å². The Morgan fingerprint density at radius 3 is 2.85 bits per heavy atom. The van der Waals surface area contributed by atoms with E-state index in [-0.39, 0.29) is 0 Å². The zero-order valence-corrected chi connectivity index (χ0v) is 7.78. The van der Waals surface area contributed by atoms with E-state index in [1.54, 1.807) is 18.2 Å². The Balaban J connectivity index is 3.02. The van der Waals surface area contributed by atoms with Crippen LogP contribution in [0.15, 0.2) is 24.4 Å². The molecule has 1 aromatic carbocycles. The average molecular weight is 198 g/mol. The van der Waals surface area contributed by atoms with Crippen LogP contribution in [0, 0.1) is 17.0 Å². The topological polar surface area (TPSA) is 43.1 Å². The Morgan fingerprint density at radius 1 is 1.54 bits per heavy atom. The Kier molecular flexibility index (Phi) is 3.03. The number of nitrogens with zero attached hydrogens (tertiary/aromatic N) is 1. The Bertz CT molecular complexity index is 361. The van der Waals surface area contributed by atoms with Crippen LogP contribution in [-0.4, -0.2) is 4.92 Å². The van der Waals surface area contributed by atoms with Crippen molar-refractivity contribution in [1.29, 1.82) is 0 Å². The normalized spacial score (nSPS) is 10.6. The van der Waals surface area contributed by atoms with Crippen LogP contribution in [0.1, 0.15) is 11.1 Å². The zero-order chi connectivity index (χ0) is 9.84. The van der Waals surface area contributed by atoms with E-state index in [1.165, 1.54) is 6.08 Å². The summed E-state index contributed by atoms with van der Waals surface area (Å²) in [6, 6.07) is 5.29. The van der Waals surface area contributed by atoms with Crippen LogP contribution in [0.25, 0.3) is 6.08 Å². The summed E-state index contributed by atoms with van der Waals surface area (Å²) in [5.41, 5.74) is 1.62. The summed E-state index contributed by atoms with van der Waals surface area (Å²) in [6.45, 7) is 1.82. The summed E-state index contributed by atoms with van der Waals surface area (Å²) in [5.74, 6) is 0. The highest BCUT2D eigenvalue weighted by Gasteiger charge is 1.99. The summed E-state index contributed by atoms with van der Waals surface area (Å²) in [4.78, 5) is 9.55. The van der Waals surface area contributed by atoms with Gasteiger partial charge in [-0.05, 0) is 24.1 Å². The first kappa shape index (κ1) is 9.74. The molecule has 0 amide bonds. The van der Waals surface area contributed by atoms with E-state index in [1.807, 2.05) is 6.92 Å². The van der Waals surface area contributed by atoms with Crippen LogP contribution < -0.4 is 0 Å². The second-order valence-electron chi connectivity index (χ2n) is 2.56. The fraction of sp³-hybridized carbons (Fsp3) is 0.111. The molecule has 3 nitrogen and oxygen atoms in total. The van der Waals surface area contributed by atoms with Crippen molar-refractivity contribution in [3.63, 3.8) is 0 Å². The SMILES string of the molecule is Cc1c(Cl)cccc1/C=C/[N+](=O)[O-]. The van der Waals surface area contributed by atoms with Crippen LogP contribution in [0.4, 0.5) is 0 Å². The molecule has 0 unspecified atom stereocenters. The monoisotopic (exact) mass is 197 g/mol. The Labute approximate surface area is 80.8 Å². The lowest BCUT2D eigenvalue weighted by molar-refractivity contribution is -0.400. The third kappa shape index (κ3) is 2.56. The number of halogens is 1. The van der Waals surface area contributed by atoms with E-state index < -0.39 is 4.92 Å². The van der Waals surface area contributed by atoms with Crippen molar-refractivity contribution in [2.75, 3.05) is 0 Å². The standard InChI is InChI=1S/C9H8ClNO2/c1-7-8(5-6-11(12)13)3-2-4-9(7)10/h2-6H,1H3/b6-5+. The van der Waals surface area contributed by atoms with E-state index in [2.05, 4.69) is 0 Å². The molecule has 1 rings (SSSR count). The second kappa shape index (κ2) is 4.05. The van der Waals surface area contributed by atoms with Crippen molar-refractivity contribution in [2.24, 2.45) is 0 Å². The minimum Gasteiger partial charge on any atom is -0.259 e. The largest absolute Gasteiger partial charge is 0.259 e. The van der Waals surface area contributed by atoms with Crippen LogP contribution in [0.5, 0.6) is 0 Å². The predicted molar refractivity (Wildman–Crippen MR) is 52.2 cm³/mol. The van der Waals surface area contributed by atoms with Crippen LogP contribution in [0.3, 0.4) is 0 Å². The summed E-state index contributed by atoms with van der Waals surface area (Å²) in [5, 5.41) is 10.7. The van der Waals surface area contributed by atoms with Gasteiger partial charge in [0.25, 0.3) is 0 Å². The number of benzene rings is 1. The molecule has 13 heavy (non-hydrogen) atoms. The first-order chi connectivity index (χ1) is 6.11. The third-order valence-electron chi connectivity index (χ3n) is 1.69. The molecule has 0 aliphatic rings. The smallest absolute Gasteiger partial charge is 0.235 e. The fourth-order valence-electron chi connectivity index (χ4n) is 0.946. The van der Waals surface area contributed by atoms with Crippen molar-refractivity contribution >= 4 is 17.7 Å². The van der Waals surface area contributed by atoms with Crippen LogP contribution in [0.2, 0.25) is 5.02 Å². The number of rotatable bonds is 2. The molecule has 0 aliphatic carbocycles. The quantitative estimate of drug-likeness (QED) is 0.541. The molecule has 4 heteroatoms. The molecule has 0 atom stereocenters. The molecular formula is C9H8ClNO2. The second-order valence-corrected chi connectivity index (χ2v) is 2.96. The molecule has 0 aliphatic heterocycles. The number of hydrogen-bond acceptors (Lipinski definition) is 2. The fourth-order valence-corrected chi connectivity index (χ4v) is 1.13. The highest BCUT2D eigenvalue weighted by atomic mass is 35.5. The van der Waals surface area contributed by atoms with Gasteiger partial charge in [0.2, 0.25) is 6.20 Å². The highest BCUT2D eigenvalue weighted by molar-refractivity contribution is 6.31. The summed E-state index contributed by atoms with van der Waals surface area (Å²) < 4.78 is 0.